The Kier molecular flexibility index (Phi) is 6.88. The smallest absolute Gasteiger partial charge is 0.319 e. The molecule has 178 valence electrons. The zero-order valence-electron chi connectivity index (χ0n) is 19.7. The molecule has 2 aliphatic heterocycles. The summed E-state index contributed by atoms with van der Waals surface area (Å²) >= 11 is 0. The first-order chi connectivity index (χ1) is 15.8. The van der Waals surface area contributed by atoms with Gasteiger partial charge in [0.15, 0.2) is 0 Å². The lowest BCUT2D eigenvalue weighted by molar-refractivity contribution is -0.129. The molecule has 0 radical (unpaired) electrons. The Balaban J connectivity index is 1.42. The number of H-pyrrole nitrogens is 1. The second-order valence-electron chi connectivity index (χ2n) is 9.34. The number of likely N-dealkylation sites (N-methyl/N-ethyl adjacent to an activating group) is 1. The molecule has 0 spiro atoms. The summed E-state index contributed by atoms with van der Waals surface area (Å²) in [5.41, 5.74) is 2.01. The number of aromatic nitrogens is 1. The van der Waals surface area contributed by atoms with E-state index < -0.39 is 0 Å². The first kappa shape index (κ1) is 23.1. The van der Waals surface area contributed by atoms with Gasteiger partial charge in [-0.3, -0.25) is 9.59 Å². The lowest BCUT2D eigenvalue weighted by Crippen LogP contribution is -2.47. The van der Waals surface area contributed by atoms with Crippen molar-refractivity contribution >= 4 is 34.4 Å². The van der Waals surface area contributed by atoms with E-state index in [2.05, 4.69) is 34.6 Å². The molecule has 2 saturated heterocycles. The fourth-order valence-electron chi connectivity index (χ4n) is 4.79. The van der Waals surface area contributed by atoms with Gasteiger partial charge in [0.25, 0.3) is 5.91 Å². The minimum Gasteiger partial charge on any atom is -0.350 e. The molecule has 2 fully saturated rings. The van der Waals surface area contributed by atoms with E-state index in [-0.39, 0.29) is 23.9 Å². The minimum absolute atomic E-state index is 0.00890. The standard InChI is InChI=1S/C24H34N6O3/c1-16(31)29-12-9-17(10-13-29)25-24(33)27-21-8-4-7-20-19(21)14-22(26-20)23(32)30-11-5-6-18(15-30)28(2)3/h4,7-8,14,17-18,26H,5-6,9-13,15H2,1-3H3,(H2,25,27,33). The molecule has 1 aromatic heterocycles. The number of nitrogens with one attached hydrogen (secondary N) is 3. The Hall–Kier alpha value is -3.07. The molecule has 0 bridgehead atoms. The number of hydrogen-bond acceptors (Lipinski definition) is 4. The quantitative estimate of drug-likeness (QED) is 0.661. The van der Waals surface area contributed by atoms with E-state index in [1.807, 2.05) is 29.2 Å². The molecule has 2 aromatic rings. The van der Waals surface area contributed by atoms with Crippen LogP contribution in [0.25, 0.3) is 10.9 Å². The fourth-order valence-corrected chi connectivity index (χ4v) is 4.79. The maximum Gasteiger partial charge on any atom is 0.319 e. The number of anilines is 1. The summed E-state index contributed by atoms with van der Waals surface area (Å²) < 4.78 is 0. The second-order valence-corrected chi connectivity index (χ2v) is 9.34. The predicted octanol–water partition coefficient (Wildman–Crippen LogP) is 2.47. The molecular formula is C24H34N6O3. The van der Waals surface area contributed by atoms with Crippen LogP contribution in [0.1, 0.15) is 43.1 Å². The van der Waals surface area contributed by atoms with Crippen molar-refractivity contribution in [3.8, 4) is 0 Å². The number of benzene rings is 1. The van der Waals surface area contributed by atoms with E-state index in [0.29, 0.717) is 30.5 Å². The summed E-state index contributed by atoms with van der Waals surface area (Å²) in [5.74, 6) is 0.0644. The highest BCUT2D eigenvalue weighted by Crippen LogP contribution is 2.26. The molecule has 3 N–H and O–H groups in total. The molecule has 4 amide bonds. The highest BCUT2D eigenvalue weighted by Gasteiger charge is 2.27. The summed E-state index contributed by atoms with van der Waals surface area (Å²) in [6, 6.07) is 7.57. The Morgan fingerprint density at radius 3 is 2.52 bits per heavy atom. The third-order valence-corrected chi connectivity index (χ3v) is 6.83. The number of nitrogens with zero attached hydrogens (tertiary/aromatic N) is 3. The monoisotopic (exact) mass is 454 g/mol. The number of likely N-dealkylation sites (tertiary alicyclic amines) is 2. The highest BCUT2D eigenvalue weighted by atomic mass is 16.2. The number of rotatable bonds is 4. The summed E-state index contributed by atoms with van der Waals surface area (Å²) in [4.78, 5) is 46.4. The number of hydrogen-bond donors (Lipinski definition) is 3. The number of fused-ring (bicyclic) bond motifs is 1. The van der Waals surface area contributed by atoms with Crippen LogP contribution in [0.4, 0.5) is 10.5 Å². The molecule has 3 heterocycles. The zero-order valence-corrected chi connectivity index (χ0v) is 19.7. The Morgan fingerprint density at radius 2 is 1.82 bits per heavy atom. The Bertz CT molecular complexity index is 1020. The van der Waals surface area contributed by atoms with Gasteiger partial charge in [0.05, 0.1) is 5.69 Å². The summed E-state index contributed by atoms with van der Waals surface area (Å²) in [6.45, 7) is 4.36. The predicted molar refractivity (Wildman–Crippen MR) is 128 cm³/mol. The van der Waals surface area contributed by atoms with Gasteiger partial charge in [-0.1, -0.05) is 6.07 Å². The van der Waals surface area contributed by atoms with Gasteiger partial charge >= 0.3 is 6.03 Å². The Labute approximate surface area is 194 Å². The maximum atomic E-state index is 13.2. The van der Waals surface area contributed by atoms with Crippen molar-refractivity contribution in [3.63, 3.8) is 0 Å². The molecule has 4 rings (SSSR count). The third kappa shape index (κ3) is 5.30. The first-order valence-electron chi connectivity index (χ1n) is 11.7. The summed E-state index contributed by atoms with van der Waals surface area (Å²) in [6.07, 6.45) is 3.57. The molecule has 9 heteroatoms. The molecule has 1 aromatic carbocycles. The van der Waals surface area contributed by atoms with Crippen LogP contribution in [0.5, 0.6) is 0 Å². The molecule has 1 unspecified atom stereocenters. The maximum absolute atomic E-state index is 13.2. The average Bonchev–Trinajstić information content (AvgIpc) is 3.24. The van der Waals surface area contributed by atoms with Gasteiger partial charge < -0.3 is 30.3 Å². The number of aromatic amines is 1. The van der Waals surface area contributed by atoms with Crippen LogP contribution in [0.2, 0.25) is 0 Å². The van der Waals surface area contributed by atoms with Crippen molar-refractivity contribution < 1.29 is 14.4 Å². The molecule has 0 saturated carbocycles. The van der Waals surface area contributed by atoms with Crippen molar-refractivity contribution in [2.75, 3.05) is 45.6 Å². The summed E-state index contributed by atoms with van der Waals surface area (Å²) in [5, 5.41) is 6.76. The minimum atomic E-state index is -0.275. The topological polar surface area (TPSA) is 101 Å². The van der Waals surface area contributed by atoms with Crippen LogP contribution in [-0.2, 0) is 4.79 Å². The fraction of sp³-hybridized carbons (Fsp3) is 0.542. The van der Waals surface area contributed by atoms with Gasteiger partial charge in [0.1, 0.15) is 5.69 Å². The highest BCUT2D eigenvalue weighted by molar-refractivity contribution is 6.05. The molecule has 9 nitrogen and oxygen atoms in total. The zero-order chi connectivity index (χ0) is 23.5. The van der Waals surface area contributed by atoms with E-state index >= 15 is 0 Å². The second kappa shape index (κ2) is 9.82. The third-order valence-electron chi connectivity index (χ3n) is 6.83. The van der Waals surface area contributed by atoms with Crippen molar-refractivity contribution in [2.24, 2.45) is 0 Å². The van der Waals surface area contributed by atoms with Crippen molar-refractivity contribution in [1.29, 1.82) is 0 Å². The van der Waals surface area contributed by atoms with Crippen LogP contribution in [0.15, 0.2) is 24.3 Å². The number of amides is 4. The SMILES string of the molecule is CC(=O)N1CCC(NC(=O)Nc2cccc3[nH]c(C(=O)N4CCCC(N(C)C)C4)cc23)CC1. The van der Waals surface area contributed by atoms with Gasteiger partial charge in [-0.15, -0.1) is 0 Å². The van der Waals surface area contributed by atoms with Crippen LogP contribution in [-0.4, -0.2) is 89.9 Å². The van der Waals surface area contributed by atoms with Crippen LogP contribution in [0.3, 0.4) is 0 Å². The first-order valence-corrected chi connectivity index (χ1v) is 11.7. The Morgan fingerprint density at radius 1 is 1.06 bits per heavy atom. The van der Waals surface area contributed by atoms with E-state index in [9.17, 15) is 14.4 Å². The van der Waals surface area contributed by atoms with Gasteiger partial charge in [0, 0.05) is 56.1 Å². The van der Waals surface area contributed by atoms with E-state index in [1.165, 1.54) is 0 Å². The number of urea groups is 1. The van der Waals surface area contributed by atoms with Crippen LogP contribution in [0, 0.1) is 0 Å². The number of piperidine rings is 2. The van der Waals surface area contributed by atoms with Gasteiger partial charge in [-0.2, -0.15) is 0 Å². The van der Waals surface area contributed by atoms with Gasteiger partial charge in [-0.05, 0) is 58.0 Å². The van der Waals surface area contributed by atoms with E-state index in [1.54, 1.807) is 11.8 Å². The van der Waals surface area contributed by atoms with Crippen molar-refractivity contribution in [3.05, 3.63) is 30.0 Å². The van der Waals surface area contributed by atoms with E-state index in [0.717, 1.165) is 49.7 Å². The summed E-state index contributed by atoms with van der Waals surface area (Å²) in [7, 11) is 4.11. The molecule has 1 atom stereocenters. The number of carbonyl (C=O) groups is 3. The molecule has 2 aliphatic rings. The van der Waals surface area contributed by atoms with Gasteiger partial charge in [-0.25, -0.2) is 4.79 Å². The molecule has 33 heavy (non-hydrogen) atoms. The average molecular weight is 455 g/mol. The largest absolute Gasteiger partial charge is 0.350 e. The van der Waals surface area contributed by atoms with Gasteiger partial charge in [0.2, 0.25) is 5.91 Å². The van der Waals surface area contributed by atoms with Crippen molar-refractivity contribution in [1.82, 2.24) is 25.0 Å². The lowest BCUT2D eigenvalue weighted by atomic mass is 10.0. The normalized spacial score (nSPS) is 19.7. The molecular weight excluding hydrogens is 420 g/mol. The molecule has 0 aliphatic carbocycles. The van der Waals surface area contributed by atoms with Crippen molar-refractivity contribution in [2.45, 2.75) is 44.7 Å². The van der Waals surface area contributed by atoms with E-state index in [4.69, 9.17) is 0 Å². The lowest BCUT2D eigenvalue weighted by Gasteiger charge is -2.35. The number of carbonyl (C=O) groups excluding carboxylic acids is 3. The van der Waals surface area contributed by atoms with Crippen LogP contribution < -0.4 is 10.6 Å². The van der Waals surface area contributed by atoms with Crippen LogP contribution >= 0.6 is 0 Å².